The smallest absolute Gasteiger partial charge is 0.282 e. The van der Waals surface area contributed by atoms with E-state index < -0.39 is 0 Å². The second kappa shape index (κ2) is 6.90. The molecule has 3 rings (SSSR count). The highest BCUT2D eigenvalue weighted by Gasteiger charge is 2.38. The van der Waals surface area contributed by atoms with Crippen LogP contribution in [0.2, 0.25) is 0 Å². The van der Waals surface area contributed by atoms with Gasteiger partial charge in [0.15, 0.2) is 6.04 Å². The number of carbonyl (C=O) groups is 1. The van der Waals surface area contributed by atoms with Crippen molar-refractivity contribution in [1.29, 1.82) is 5.26 Å². The number of hydrogen-bond acceptors (Lipinski definition) is 2. The minimum atomic E-state index is -0.167. The molecule has 1 aromatic carbocycles. The van der Waals surface area contributed by atoms with Crippen LogP contribution in [0.4, 0.5) is 5.69 Å². The van der Waals surface area contributed by atoms with Crippen LogP contribution < -0.4 is 10.2 Å². The van der Waals surface area contributed by atoms with Crippen LogP contribution in [-0.2, 0) is 11.8 Å². The molecule has 24 heavy (non-hydrogen) atoms. The molecule has 1 unspecified atom stereocenters. The van der Waals surface area contributed by atoms with Crippen LogP contribution in [0.3, 0.4) is 0 Å². The van der Waals surface area contributed by atoms with E-state index in [0.717, 1.165) is 19.4 Å². The summed E-state index contributed by atoms with van der Waals surface area (Å²) in [4.78, 5) is 14.0. The quantitative estimate of drug-likeness (QED) is 0.898. The molecule has 2 aromatic rings. The third-order valence-electron chi connectivity index (χ3n) is 5.00. The molecule has 2 heterocycles. The number of nitrogens with one attached hydrogen (secondary N) is 2. The number of benzene rings is 1. The highest BCUT2D eigenvalue weighted by molar-refractivity contribution is 5.94. The fourth-order valence-electron chi connectivity index (χ4n) is 3.66. The Labute approximate surface area is 142 Å². The van der Waals surface area contributed by atoms with Crippen molar-refractivity contribution in [2.24, 2.45) is 7.05 Å². The van der Waals surface area contributed by atoms with E-state index >= 15 is 0 Å². The van der Waals surface area contributed by atoms with Gasteiger partial charge in [-0.15, -0.1) is 0 Å². The lowest BCUT2D eigenvalue weighted by molar-refractivity contribution is -0.932. The molecule has 1 aromatic heterocycles. The summed E-state index contributed by atoms with van der Waals surface area (Å²) in [5.41, 5.74) is 2.36. The van der Waals surface area contributed by atoms with Crippen molar-refractivity contribution >= 4 is 11.6 Å². The molecule has 0 saturated carbocycles. The molecule has 5 nitrogen and oxygen atoms in total. The van der Waals surface area contributed by atoms with Gasteiger partial charge in [-0.2, -0.15) is 5.26 Å². The van der Waals surface area contributed by atoms with Crippen molar-refractivity contribution < 1.29 is 9.69 Å². The minimum absolute atomic E-state index is 0.0335. The Balaban J connectivity index is 1.76. The number of anilines is 1. The summed E-state index contributed by atoms with van der Waals surface area (Å²) in [5, 5.41) is 12.1. The molecule has 0 aliphatic carbocycles. The van der Waals surface area contributed by atoms with Gasteiger partial charge in [0.2, 0.25) is 0 Å². The number of nitrogens with zero attached hydrogens (tertiary/aromatic N) is 2. The van der Waals surface area contributed by atoms with Crippen molar-refractivity contribution in [1.82, 2.24) is 4.57 Å². The number of amides is 1. The SMILES string of the molecule is C[C@H](C(=O)Nc1ccccc1C#N)[NH+]1CCC[C@@H]1c1cccn1C. The summed E-state index contributed by atoms with van der Waals surface area (Å²) < 4.78 is 2.14. The van der Waals surface area contributed by atoms with Crippen molar-refractivity contribution in [2.45, 2.75) is 31.8 Å². The molecule has 1 fully saturated rings. The molecule has 1 saturated heterocycles. The number of nitriles is 1. The topological polar surface area (TPSA) is 62.3 Å². The van der Waals surface area contributed by atoms with Crippen molar-refractivity contribution in [3.63, 3.8) is 0 Å². The Hall–Kier alpha value is -2.58. The molecular weight excluding hydrogens is 300 g/mol. The standard InChI is InChI=1S/C19H22N4O/c1-14(19(24)21-16-8-4-3-7-15(16)13-20)23-12-6-10-18(23)17-9-5-11-22(17)2/h3-5,7-9,11,14,18H,6,10,12H2,1-2H3,(H,21,24)/p+1/t14-,18-/m1/s1. The van der Waals surface area contributed by atoms with E-state index in [1.807, 2.05) is 13.0 Å². The van der Waals surface area contributed by atoms with Crippen LogP contribution in [0, 0.1) is 11.3 Å². The molecule has 3 atom stereocenters. The molecule has 0 bridgehead atoms. The third kappa shape index (κ3) is 3.06. The summed E-state index contributed by atoms with van der Waals surface area (Å²) in [6.07, 6.45) is 4.27. The van der Waals surface area contributed by atoms with Crippen LogP contribution in [0.1, 0.15) is 37.1 Å². The van der Waals surface area contributed by atoms with E-state index in [2.05, 4.69) is 41.3 Å². The van der Waals surface area contributed by atoms with Gasteiger partial charge in [0.05, 0.1) is 23.5 Å². The molecule has 124 valence electrons. The first-order chi connectivity index (χ1) is 11.6. The Morgan fingerprint density at radius 1 is 1.38 bits per heavy atom. The van der Waals surface area contributed by atoms with Gasteiger partial charge in [-0.3, -0.25) is 4.79 Å². The first kappa shape index (κ1) is 16.3. The summed E-state index contributed by atoms with van der Waals surface area (Å²) in [5.74, 6) is -0.0335. The molecule has 1 amide bonds. The molecule has 0 radical (unpaired) electrons. The fourth-order valence-corrected chi connectivity index (χ4v) is 3.66. The predicted octanol–water partition coefficient (Wildman–Crippen LogP) is 1.64. The van der Waals surface area contributed by atoms with Crippen LogP contribution in [0.25, 0.3) is 0 Å². The lowest BCUT2D eigenvalue weighted by atomic mass is 10.1. The Morgan fingerprint density at radius 2 is 2.17 bits per heavy atom. The number of para-hydroxylation sites is 1. The lowest BCUT2D eigenvalue weighted by Crippen LogP contribution is -3.15. The molecular formula is C19H23N4O+. The molecule has 5 heteroatoms. The van der Waals surface area contributed by atoms with Crippen LogP contribution >= 0.6 is 0 Å². The fraction of sp³-hybridized carbons (Fsp3) is 0.368. The molecule has 1 aliphatic rings. The first-order valence-corrected chi connectivity index (χ1v) is 8.38. The maximum absolute atomic E-state index is 12.7. The minimum Gasteiger partial charge on any atom is -0.350 e. The highest BCUT2D eigenvalue weighted by Crippen LogP contribution is 2.20. The number of carbonyl (C=O) groups excluding carboxylic acids is 1. The van der Waals surface area contributed by atoms with E-state index in [1.165, 1.54) is 10.6 Å². The van der Waals surface area contributed by atoms with Crippen molar-refractivity contribution in [2.75, 3.05) is 11.9 Å². The molecule has 2 N–H and O–H groups in total. The van der Waals surface area contributed by atoms with E-state index in [9.17, 15) is 4.79 Å². The monoisotopic (exact) mass is 323 g/mol. The number of quaternary nitrogens is 1. The number of aromatic nitrogens is 1. The average Bonchev–Trinajstić information content (AvgIpc) is 3.22. The normalized spacial score (nSPS) is 21.2. The van der Waals surface area contributed by atoms with E-state index in [4.69, 9.17) is 5.26 Å². The van der Waals surface area contributed by atoms with E-state index in [0.29, 0.717) is 17.3 Å². The van der Waals surface area contributed by atoms with Gasteiger partial charge in [0.1, 0.15) is 12.1 Å². The van der Waals surface area contributed by atoms with Gasteiger partial charge in [0.25, 0.3) is 5.91 Å². The summed E-state index contributed by atoms with van der Waals surface area (Å²) in [6.45, 7) is 2.96. The molecule has 1 aliphatic heterocycles. The van der Waals surface area contributed by atoms with E-state index in [-0.39, 0.29) is 11.9 Å². The van der Waals surface area contributed by atoms with Crippen molar-refractivity contribution in [3.8, 4) is 6.07 Å². The zero-order valence-electron chi connectivity index (χ0n) is 14.1. The first-order valence-electron chi connectivity index (χ1n) is 8.38. The number of rotatable bonds is 4. The number of aryl methyl sites for hydroxylation is 1. The zero-order valence-corrected chi connectivity index (χ0v) is 14.1. The highest BCUT2D eigenvalue weighted by atomic mass is 16.2. The van der Waals surface area contributed by atoms with E-state index in [1.54, 1.807) is 18.2 Å². The molecule has 0 spiro atoms. The Kier molecular flexibility index (Phi) is 4.68. The average molecular weight is 323 g/mol. The van der Waals surface area contributed by atoms with Gasteiger partial charge in [-0.05, 0) is 31.2 Å². The predicted molar refractivity (Wildman–Crippen MR) is 92.5 cm³/mol. The third-order valence-corrected chi connectivity index (χ3v) is 5.00. The van der Waals surface area contributed by atoms with Crippen LogP contribution in [0.5, 0.6) is 0 Å². The van der Waals surface area contributed by atoms with Gasteiger partial charge in [0, 0.05) is 26.1 Å². The Bertz CT molecular complexity index is 774. The van der Waals surface area contributed by atoms with Gasteiger partial charge >= 0.3 is 0 Å². The summed E-state index contributed by atoms with van der Waals surface area (Å²) in [6, 6.07) is 13.6. The van der Waals surface area contributed by atoms with Gasteiger partial charge in [-0.1, -0.05) is 12.1 Å². The number of hydrogen-bond donors (Lipinski definition) is 2. The maximum atomic E-state index is 12.7. The second-order valence-electron chi connectivity index (χ2n) is 6.43. The van der Waals surface area contributed by atoms with Crippen LogP contribution in [0.15, 0.2) is 42.6 Å². The maximum Gasteiger partial charge on any atom is 0.282 e. The van der Waals surface area contributed by atoms with Gasteiger partial charge < -0.3 is 14.8 Å². The largest absolute Gasteiger partial charge is 0.350 e. The summed E-state index contributed by atoms with van der Waals surface area (Å²) >= 11 is 0. The van der Waals surface area contributed by atoms with Gasteiger partial charge in [-0.25, -0.2) is 0 Å². The lowest BCUT2D eigenvalue weighted by Gasteiger charge is -2.27. The summed E-state index contributed by atoms with van der Waals surface area (Å²) in [7, 11) is 2.05. The van der Waals surface area contributed by atoms with Crippen molar-refractivity contribution in [3.05, 3.63) is 53.9 Å². The van der Waals surface area contributed by atoms with Crippen LogP contribution in [-0.4, -0.2) is 23.1 Å². The number of likely N-dealkylation sites (tertiary alicyclic amines) is 1. The Morgan fingerprint density at radius 3 is 2.88 bits per heavy atom. The zero-order chi connectivity index (χ0) is 17.1. The second-order valence-corrected chi connectivity index (χ2v) is 6.43.